The lowest BCUT2D eigenvalue weighted by Gasteiger charge is -2.31. The number of hydrogen-bond acceptors (Lipinski definition) is 5. The SMILES string of the molecule is COc1cccc2c1c(NS(=O)(=O)c1cccc(Cl)c1Cl)nn2Cc1cccc(C(NC(=O)O)C(C)(C)C)c1. The molecule has 0 spiro atoms. The zero-order valence-corrected chi connectivity index (χ0v) is 24.0. The molecule has 1 atom stereocenters. The van der Waals surface area contributed by atoms with Gasteiger partial charge in [-0.2, -0.15) is 5.10 Å². The molecular weight excluding hydrogens is 563 g/mol. The molecule has 12 heteroatoms. The van der Waals surface area contributed by atoms with Crippen molar-refractivity contribution in [3.63, 3.8) is 0 Å². The molecule has 0 aliphatic rings. The maximum absolute atomic E-state index is 13.3. The predicted molar refractivity (Wildman–Crippen MR) is 152 cm³/mol. The number of nitrogens with zero attached hydrogens (tertiary/aromatic N) is 2. The number of methoxy groups -OCH3 is 1. The summed E-state index contributed by atoms with van der Waals surface area (Å²) in [5.74, 6) is 0.496. The minimum absolute atomic E-state index is 0.0646. The molecule has 0 aliphatic heterocycles. The van der Waals surface area contributed by atoms with Crippen LogP contribution in [0.3, 0.4) is 0 Å². The summed E-state index contributed by atoms with van der Waals surface area (Å²) < 4.78 is 36.3. The molecule has 1 unspecified atom stereocenters. The molecular formula is C27H28Cl2N4O5S. The first-order valence-corrected chi connectivity index (χ1v) is 14.1. The number of aromatic nitrogens is 2. The van der Waals surface area contributed by atoms with Crippen molar-refractivity contribution in [3.8, 4) is 5.75 Å². The average Bonchev–Trinajstić information content (AvgIpc) is 3.19. The van der Waals surface area contributed by atoms with Crippen molar-refractivity contribution in [3.05, 3.63) is 81.8 Å². The fraction of sp³-hybridized carbons (Fsp3) is 0.259. The van der Waals surface area contributed by atoms with Gasteiger partial charge in [-0.25, -0.2) is 13.2 Å². The topological polar surface area (TPSA) is 123 Å². The average molecular weight is 592 g/mol. The van der Waals surface area contributed by atoms with Crippen molar-refractivity contribution in [2.45, 2.75) is 38.3 Å². The quantitative estimate of drug-likeness (QED) is 0.214. The Bertz CT molecular complexity index is 1650. The van der Waals surface area contributed by atoms with Crippen molar-refractivity contribution < 1.29 is 23.1 Å². The summed E-state index contributed by atoms with van der Waals surface area (Å²) in [7, 11) is -2.66. The lowest BCUT2D eigenvalue weighted by molar-refractivity contribution is 0.175. The molecule has 0 aliphatic carbocycles. The van der Waals surface area contributed by atoms with Crippen molar-refractivity contribution >= 4 is 56.0 Å². The van der Waals surface area contributed by atoms with Crippen LogP contribution in [-0.2, 0) is 16.6 Å². The first kappa shape index (κ1) is 28.5. The maximum Gasteiger partial charge on any atom is 0.405 e. The molecule has 0 saturated carbocycles. The Labute approximate surface area is 236 Å². The monoisotopic (exact) mass is 590 g/mol. The number of ether oxygens (including phenoxy) is 1. The number of carbonyl (C=O) groups is 1. The second-order valence-electron chi connectivity index (χ2n) is 10.0. The van der Waals surface area contributed by atoms with Gasteiger partial charge in [-0.3, -0.25) is 9.40 Å². The molecule has 3 aromatic carbocycles. The second kappa shape index (κ2) is 11.0. The van der Waals surface area contributed by atoms with E-state index in [1.165, 1.54) is 25.3 Å². The highest BCUT2D eigenvalue weighted by Crippen LogP contribution is 2.36. The van der Waals surface area contributed by atoms with E-state index in [9.17, 15) is 18.3 Å². The van der Waals surface area contributed by atoms with Crippen LogP contribution in [0.5, 0.6) is 5.75 Å². The zero-order valence-electron chi connectivity index (χ0n) is 21.7. The first-order valence-electron chi connectivity index (χ1n) is 11.9. The highest BCUT2D eigenvalue weighted by molar-refractivity contribution is 7.92. The smallest absolute Gasteiger partial charge is 0.405 e. The van der Waals surface area contributed by atoms with Gasteiger partial charge in [0.15, 0.2) is 5.82 Å². The summed E-state index contributed by atoms with van der Waals surface area (Å²) in [6.07, 6.45) is -1.11. The number of fused-ring (bicyclic) bond motifs is 1. The molecule has 3 N–H and O–H groups in total. The molecule has 1 aromatic heterocycles. The van der Waals surface area contributed by atoms with E-state index in [0.29, 0.717) is 16.7 Å². The lowest BCUT2D eigenvalue weighted by Crippen LogP contribution is -2.35. The fourth-order valence-electron chi connectivity index (χ4n) is 4.40. The minimum atomic E-state index is -4.15. The van der Waals surface area contributed by atoms with Gasteiger partial charge in [0.1, 0.15) is 10.6 Å². The summed E-state index contributed by atoms with van der Waals surface area (Å²) in [4.78, 5) is 11.3. The molecule has 0 bridgehead atoms. The highest BCUT2D eigenvalue weighted by Gasteiger charge is 2.28. The van der Waals surface area contributed by atoms with Crippen LogP contribution in [-0.4, -0.2) is 36.5 Å². The largest absolute Gasteiger partial charge is 0.496 e. The van der Waals surface area contributed by atoms with Crippen molar-refractivity contribution in [1.82, 2.24) is 15.1 Å². The van der Waals surface area contributed by atoms with E-state index in [-0.39, 0.29) is 32.7 Å². The van der Waals surface area contributed by atoms with Crippen LogP contribution >= 0.6 is 23.2 Å². The summed E-state index contributed by atoms with van der Waals surface area (Å²) in [5, 5.41) is 17.1. The molecule has 4 aromatic rings. The normalized spacial score (nSPS) is 12.8. The third kappa shape index (κ3) is 6.08. The van der Waals surface area contributed by atoms with Gasteiger partial charge in [-0.05, 0) is 40.8 Å². The molecule has 0 fully saturated rings. The van der Waals surface area contributed by atoms with Gasteiger partial charge in [0.05, 0.1) is 40.6 Å². The summed E-state index contributed by atoms with van der Waals surface area (Å²) in [5.41, 5.74) is 1.89. The summed E-state index contributed by atoms with van der Waals surface area (Å²) >= 11 is 12.2. The summed E-state index contributed by atoms with van der Waals surface area (Å²) in [6.45, 7) is 6.15. The second-order valence-corrected chi connectivity index (χ2v) is 12.4. The van der Waals surface area contributed by atoms with Crippen LogP contribution in [0.15, 0.2) is 65.6 Å². The third-order valence-electron chi connectivity index (χ3n) is 6.15. The van der Waals surface area contributed by atoms with Crippen LogP contribution in [0.4, 0.5) is 10.6 Å². The molecule has 206 valence electrons. The first-order chi connectivity index (χ1) is 18.3. The van der Waals surface area contributed by atoms with Crippen LogP contribution in [0.2, 0.25) is 10.0 Å². The number of amides is 1. The Morgan fingerprint density at radius 3 is 2.46 bits per heavy atom. The van der Waals surface area contributed by atoms with Gasteiger partial charge in [-0.15, -0.1) is 0 Å². The van der Waals surface area contributed by atoms with Crippen LogP contribution in [0, 0.1) is 5.41 Å². The van der Waals surface area contributed by atoms with E-state index in [1.807, 2.05) is 51.1 Å². The van der Waals surface area contributed by atoms with E-state index >= 15 is 0 Å². The Balaban J connectivity index is 1.77. The van der Waals surface area contributed by atoms with Crippen molar-refractivity contribution in [1.29, 1.82) is 0 Å². The van der Waals surface area contributed by atoms with Gasteiger partial charge >= 0.3 is 6.09 Å². The predicted octanol–water partition coefficient (Wildman–Crippen LogP) is 6.56. The van der Waals surface area contributed by atoms with Crippen molar-refractivity contribution in [2.75, 3.05) is 11.8 Å². The van der Waals surface area contributed by atoms with E-state index in [2.05, 4.69) is 15.1 Å². The van der Waals surface area contributed by atoms with E-state index in [0.717, 1.165) is 11.1 Å². The third-order valence-corrected chi connectivity index (χ3v) is 8.46. The molecule has 9 nitrogen and oxygen atoms in total. The fourth-order valence-corrected chi connectivity index (χ4v) is 6.17. The number of anilines is 1. The number of nitrogens with one attached hydrogen (secondary N) is 2. The minimum Gasteiger partial charge on any atom is -0.496 e. The van der Waals surface area contributed by atoms with Gasteiger partial charge in [0.2, 0.25) is 0 Å². The zero-order chi connectivity index (χ0) is 28.5. The number of rotatable bonds is 8. The Hall–Kier alpha value is -3.47. The van der Waals surface area contributed by atoms with E-state index in [4.69, 9.17) is 27.9 Å². The van der Waals surface area contributed by atoms with Gasteiger partial charge in [0, 0.05) is 0 Å². The molecule has 0 saturated heterocycles. The van der Waals surface area contributed by atoms with Crippen molar-refractivity contribution in [2.24, 2.45) is 5.41 Å². The Kier molecular flexibility index (Phi) is 8.02. The number of benzene rings is 3. The number of sulfonamides is 1. The van der Waals surface area contributed by atoms with Crippen LogP contribution in [0.25, 0.3) is 10.9 Å². The molecule has 39 heavy (non-hydrogen) atoms. The Morgan fingerprint density at radius 1 is 1.10 bits per heavy atom. The Morgan fingerprint density at radius 2 is 1.79 bits per heavy atom. The van der Waals surface area contributed by atoms with Gasteiger partial charge in [-0.1, -0.05) is 80.4 Å². The van der Waals surface area contributed by atoms with Gasteiger partial charge in [0.25, 0.3) is 10.0 Å². The maximum atomic E-state index is 13.3. The summed E-state index contributed by atoms with van der Waals surface area (Å²) in [6, 6.07) is 16.7. The molecule has 1 heterocycles. The molecule has 0 radical (unpaired) electrons. The number of carboxylic acid groups (broad SMARTS) is 1. The number of hydrogen-bond donors (Lipinski definition) is 3. The van der Waals surface area contributed by atoms with E-state index < -0.39 is 22.2 Å². The van der Waals surface area contributed by atoms with E-state index in [1.54, 1.807) is 16.8 Å². The van der Waals surface area contributed by atoms with Crippen LogP contribution in [0.1, 0.15) is 37.9 Å². The van der Waals surface area contributed by atoms with Crippen LogP contribution < -0.4 is 14.8 Å². The lowest BCUT2D eigenvalue weighted by atomic mass is 9.82. The molecule has 4 rings (SSSR count). The highest BCUT2D eigenvalue weighted by atomic mass is 35.5. The number of halogens is 2. The van der Waals surface area contributed by atoms with Gasteiger partial charge < -0.3 is 15.2 Å². The standard InChI is InChI=1S/C27H28Cl2N4O5S/c1-27(2,3)24(30-26(34)35)17-9-5-8-16(14-17)15-33-19-11-7-12-20(38-4)22(19)25(31-33)32-39(36,37)21-13-6-10-18(28)23(21)29/h5-14,24,30H,15H2,1-4H3,(H,31,32)(H,34,35). The molecule has 1 amide bonds.